The normalized spacial score (nSPS) is 13.2. The first-order chi connectivity index (χ1) is 8.75. The molecule has 1 atom stereocenters. The Hall–Kier alpha value is -1.63. The van der Waals surface area contributed by atoms with E-state index in [-0.39, 0.29) is 18.6 Å². The highest BCUT2D eigenvalue weighted by Gasteiger charge is 2.31. The van der Waals surface area contributed by atoms with E-state index in [1.807, 2.05) is 0 Å². The van der Waals surface area contributed by atoms with Gasteiger partial charge in [0, 0.05) is 11.6 Å². The van der Waals surface area contributed by atoms with Crippen molar-refractivity contribution in [2.24, 2.45) is 5.73 Å². The monoisotopic (exact) mass is 279 g/mol. The molecular weight excluding hydrogens is 266 g/mol. The van der Waals surface area contributed by atoms with Crippen molar-refractivity contribution in [3.63, 3.8) is 0 Å². The molecule has 0 bridgehead atoms. The molecule has 1 aromatic rings. The second-order valence-corrected chi connectivity index (χ2v) is 3.85. The molecule has 3 nitrogen and oxygen atoms in total. The summed E-state index contributed by atoms with van der Waals surface area (Å²) in [7, 11) is 0. The number of halogens is 4. The number of carbonyl (C=O) groups is 1. The second-order valence-electron chi connectivity index (χ2n) is 3.85. The van der Waals surface area contributed by atoms with Gasteiger partial charge in [-0.15, -0.1) is 0 Å². The third-order valence-electron chi connectivity index (χ3n) is 2.42. The van der Waals surface area contributed by atoms with Crippen LogP contribution in [-0.4, -0.2) is 12.6 Å². The van der Waals surface area contributed by atoms with Crippen LogP contribution in [0.5, 0.6) is 0 Å². The third kappa shape index (κ3) is 4.20. The van der Waals surface area contributed by atoms with Gasteiger partial charge in [0.1, 0.15) is 5.82 Å². The minimum atomic E-state index is -4.62. The molecule has 0 amide bonds. The number of esters is 1. The van der Waals surface area contributed by atoms with Crippen molar-refractivity contribution in [3.8, 4) is 0 Å². The van der Waals surface area contributed by atoms with Crippen LogP contribution in [0.1, 0.15) is 30.5 Å². The number of alkyl halides is 3. The largest absolute Gasteiger partial charge is 0.466 e. The van der Waals surface area contributed by atoms with E-state index in [2.05, 4.69) is 4.74 Å². The lowest BCUT2D eigenvalue weighted by Gasteiger charge is -2.14. The SMILES string of the molecule is CCOC(=O)C[C@H](N)c1ccc(C(F)(F)F)cc1F. The van der Waals surface area contributed by atoms with Gasteiger partial charge in [-0.25, -0.2) is 4.39 Å². The van der Waals surface area contributed by atoms with Crippen LogP contribution in [-0.2, 0) is 15.7 Å². The van der Waals surface area contributed by atoms with Crippen LogP contribution < -0.4 is 5.73 Å². The van der Waals surface area contributed by atoms with Crippen LogP contribution in [0.25, 0.3) is 0 Å². The molecule has 0 heterocycles. The van der Waals surface area contributed by atoms with Crippen LogP contribution in [0.4, 0.5) is 17.6 Å². The Balaban J connectivity index is 2.87. The number of hydrogen-bond acceptors (Lipinski definition) is 3. The average Bonchev–Trinajstić information content (AvgIpc) is 2.27. The van der Waals surface area contributed by atoms with Crippen LogP contribution in [0, 0.1) is 5.82 Å². The number of ether oxygens (including phenoxy) is 1. The van der Waals surface area contributed by atoms with Crippen molar-refractivity contribution in [2.45, 2.75) is 25.6 Å². The minimum absolute atomic E-state index is 0.152. The molecule has 7 heteroatoms. The molecule has 0 radical (unpaired) electrons. The third-order valence-corrected chi connectivity index (χ3v) is 2.42. The molecule has 1 rings (SSSR count). The fraction of sp³-hybridized carbons (Fsp3) is 0.417. The van der Waals surface area contributed by atoms with Crippen molar-refractivity contribution in [1.82, 2.24) is 0 Å². The van der Waals surface area contributed by atoms with E-state index >= 15 is 0 Å². The zero-order valence-electron chi connectivity index (χ0n) is 10.1. The van der Waals surface area contributed by atoms with Crippen molar-refractivity contribution in [2.75, 3.05) is 6.61 Å². The summed E-state index contributed by atoms with van der Waals surface area (Å²) in [6.45, 7) is 1.75. The summed E-state index contributed by atoms with van der Waals surface area (Å²) >= 11 is 0. The Morgan fingerprint density at radius 3 is 2.53 bits per heavy atom. The van der Waals surface area contributed by atoms with Gasteiger partial charge in [0.05, 0.1) is 18.6 Å². The highest BCUT2D eigenvalue weighted by molar-refractivity contribution is 5.70. The number of rotatable bonds is 4. The molecule has 0 aliphatic heterocycles. The molecule has 0 spiro atoms. The van der Waals surface area contributed by atoms with E-state index in [9.17, 15) is 22.4 Å². The topological polar surface area (TPSA) is 52.3 Å². The van der Waals surface area contributed by atoms with E-state index in [0.717, 1.165) is 12.1 Å². The number of carbonyl (C=O) groups excluding carboxylic acids is 1. The number of hydrogen-bond donors (Lipinski definition) is 1. The van der Waals surface area contributed by atoms with Crippen LogP contribution in [0.3, 0.4) is 0 Å². The molecule has 0 saturated carbocycles. The molecular formula is C12H13F4NO2. The first-order valence-corrected chi connectivity index (χ1v) is 5.53. The molecule has 2 N–H and O–H groups in total. The first kappa shape index (κ1) is 15.4. The maximum absolute atomic E-state index is 13.5. The van der Waals surface area contributed by atoms with Gasteiger partial charge in [0.2, 0.25) is 0 Å². The van der Waals surface area contributed by atoms with Crippen molar-refractivity contribution >= 4 is 5.97 Å². The predicted molar refractivity (Wildman–Crippen MR) is 59.6 cm³/mol. The Kier molecular flexibility index (Phi) is 4.88. The lowest BCUT2D eigenvalue weighted by Crippen LogP contribution is -2.19. The summed E-state index contributed by atoms with van der Waals surface area (Å²) in [4.78, 5) is 11.2. The Morgan fingerprint density at radius 1 is 1.42 bits per heavy atom. The number of benzene rings is 1. The molecule has 0 aromatic heterocycles. The summed E-state index contributed by atoms with van der Waals surface area (Å²) < 4.78 is 55.2. The molecule has 0 saturated heterocycles. The summed E-state index contributed by atoms with van der Waals surface area (Å²) in [5.74, 6) is -1.72. The molecule has 19 heavy (non-hydrogen) atoms. The van der Waals surface area contributed by atoms with Gasteiger partial charge in [0.25, 0.3) is 0 Å². The van der Waals surface area contributed by atoms with Gasteiger partial charge in [0.15, 0.2) is 0 Å². The smallest absolute Gasteiger partial charge is 0.416 e. The second kappa shape index (κ2) is 6.01. The lowest BCUT2D eigenvalue weighted by molar-refractivity contribution is -0.143. The highest BCUT2D eigenvalue weighted by atomic mass is 19.4. The summed E-state index contributed by atoms with van der Waals surface area (Å²) in [5.41, 5.74) is 4.31. The lowest BCUT2D eigenvalue weighted by atomic mass is 10.0. The maximum Gasteiger partial charge on any atom is 0.416 e. The summed E-state index contributed by atoms with van der Waals surface area (Å²) in [6.07, 6.45) is -4.92. The molecule has 1 aromatic carbocycles. The number of nitrogens with two attached hydrogens (primary N) is 1. The zero-order chi connectivity index (χ0) is 14.6. The van der Waals surface area contributed by atoms with E-state index in [4.69, 9.17) is 5.73 Å². The van der Waals surface area contributed by atoms with Crippen molar-refractivity contribution < 1.29 is 27.1 Å². The molecule has 0 aliphatic rings. The van der Waals surface area contributed by atoms with E-state index < -0.39 is 29.6 Å². The van der Waals surface area contributed by atoms with Gasteiger partial charge >= 0.3 is 12.1 Å². The van der Waals surface area contributed by atoms with Gasteiger partial charge in [-0.1, -0.05) is 6.07 Å². The minimum Gasteiger partial charge on any atom is -0.466 e. The zero-order valence-corrected chi connectivity index (χ0v) is 10.1. The average molecular weight is 279 g/mol. The fourth-order valence-electron chi connectivity index (χ4n) is 1.51. The van der Waals surface area contributed by atoms with E-state index in [1.165, 1.54) is 0 Å². The van der Waals surface area contributed by atoms with Gasteiger partial charge in [-0.3, -0.25) is 4.79 Å². The quantitative estimate of drug-likeness (QED) is 0.681. The summed E-state index contributed by atoms with van der Waals surface area (Å²) in [6, 6.07) is 0.979. The first-order valence-electron chi connectivity index (χ1n) is 5.53. The Morgan fingerprint density at radius 2 is 2.05 bits per heavy atom. The van der Waals surface area contributed by atoms with E-state index in [1.54, 1.807) is 6.92 Å². The van der Waals surface area contributed by atoms with Crippen LogP contribution in [0.2, 0.25) is 0 Å². The molecule has 0 unspecified atom stereocenters. The van der Waals surface area contributed by atoms with Gasteiger partial charge in [-0.2, -0.15) is 13.2 Å². The Bertz CT molecular complexity index is 460. The molecule has 0 aliphatic carbocycles. The predicted octanol–water partition coefficient (Wildman–Crippen LogP) is 2.80. The fourth-order valence-corrected chi connectivity index (χ4v) is 1.51. The summed E-state index contributed by atoms with van der Waals surface area (Å²) in [5, 5.41) is 0. The standard InChI is InChI=1S/C12H13F4NO2/c1-2-19-11(18)6-10(17)8-4-3-7(5-9(8)13)12(14,15)16/h3-5,10H,2,6,17H2,1H3/t10-/m0/s1. The van der Waals surface area contributed by atoms with Crippen molar-refractivity contribution in [3.05, 3.63) is 35.1 Å². The maximum atomic E-state index is 13.5. The highest BCUT2D eigenvalue weighted by Crippen LogP contribution is 2.31. The Labute approximate surface area is 107 Å². The van der Waals surface area contributed by atoms with E-state index in [0.29, 0.717) is 6.07 Å². The van der Waals surface area contributed by atoms with Gasteiger partial charge < -0.3 is 10.5 Å². The molecule has 106 valence electrons. The van der Waals surface area contributed by atoms with Gasteiger partial charge in [-0.05, 0) is 19.1 Å². The molecule has 0 fully saturated rings. The van der Waals surface area contributed by atoms with Crippen LogP contribution >= 0.6 is 0 Å². The van der Waals surface area contributed by atoms with Crippen molar-refractivity contribution in [1.29, 1.82) is 0 Å². The van der Waals surface area contributed by atoms with Crippen LogP contribution in [0.15, 0.2) is 18.2 Å².